The van der Waals surface area contributed by atoms with Crippen LogP contribution in [0.4, 0.5) is 0 Å². The van der Waals surface area contributed by atoms with Crippen LogP contribution >= 0.6 is 0 Å². The van der Waals surface area contributed by atoms with Gasteiger partial charge in [0.2, 0.25) is 10.0 Å². The lowest BCUT2D eigenvalue weighted by Gasteiger charge is -2.15. The number of carbonyl (C=O) groups is 1. The second kappa shape index (κ2) is 7.35. The molecule has 1 aromatic rings. The number of aliphatic hydroxyl groups is 1. The molecule has 0 radical (unpaired) electrons. The minimum Gasteiger partial charge on any atom is -0.478 e. The fraction of sp³-hybridized carbons (Fsp3) is 0.357. The summed E-state index contributed by atoms with van der Waals surface area (Å²) in [4.78, 5) is 10.4. The lowest BCUT2D eigenvalue weighted by Crippen LogP contribution is -2.34. The summed E-state index contributed by atoms with van der Waals surface area (Å²) >= 11 is 0. The summed E-state index contributed by atoms with van der Waals surface area (Å²) < 4.78 is 26.3. The van der Waals surface area contributed by atoms with Crippen LogP contribution in [0, 0.1) is 5.92 Å². The topological polar surface area (TPSA) is 104 Å². The number of aliphatic carboxylic acids is 1. The van der Waals surface area contributed by atoms with Crippen molar-refractivity contribution in [3.05, 3.63) is 35.9 Å². The molecule has 0 heterocycles. The molecule has 1 atom stereocenters. The number of aliphatic hydroxyl groups excluding tert-OH is 1. The molecule has 7 heteroatoms. The van der Waals surface area contributed by atoms with Crippen molar-refractivity contribution in [2.45, 2.75) is 24.8 Å². The van der Waals surface area contributed by atoms with Crippen LogP contribution in [0.1, 0.15) is 19.4 Å². The zero-order chi connectivity index (χ0) is 16.0. The van der Waals surface area contributed by atoms with Crippen molar-refractivity contribution in [3.63, 3.8) is 0 Å². The van der Waals surface area contributed by atoms with Crippen LogP contribution in [-0.4, -0.2) is 37.2 Å². The Morgan fingerprint density at radius 1 is 1.29 bits per heavy atom. The van der Waals surface area contributed by atoms with E-state index >= 15 is 0 Å². The number of hydrogen-bond acceptors (Lipinski definition) is 4. The molecule has 0 aliphatic rings. The van der Waals surface area contributed by atoms with E-state index in [9.17, 15) is 18.3 Å². The van der Waals surface area contributed by atoms with Gasteiger partial charge in [0, 0.05) is 12.6 Å². The van der Waals surface area contributed by atoms with Gasteiger partial charge in [-0.1, -0.05) is 26.0 Å². The standard InChI is InChI=1S/C14H19NO5S/c1-10(2)13(16)9-15-21(19,20)12-6-3-11(4-7-12)5-8-14(17)18/h3-8,10,13,15-16H,9H2,1-2H3,(H,17,18)/b8-5+. The molecular weight excluding hydrogens is 294 g/mol. The molecule has 0 aromatic heterocycles. The van der Waals surface area contributed by atoms with E-state index in [0.29, 0.717) is 5.56 Å². The Balaban J connectivity index is 2.78. The van der Waals surface area contributed by atoms with E-state index in [-0.39, 0.29) is 17.4 Å². The molecule has 1 rings (SSSR count). The first-order valence-corrected chi connectivity index (χ1v) is 7.89. The first-order valence-electron chi connectivity index (χ1n) is 6.41. The number of carboxylic acid groups (broad SMARTS) is 1. The Bertz CT molecular complexity index is 605. The van der Waals surface area contributed by atoms with Gasteiger partial charge in [0.05, 0.1) is 11.0 Å². The van der Waals surface area contributed by atoms with Crippen molar-refractivity contribution >= 4 is 22.1 Å². The Kier molecular flexibility index (Phi) is 6.07. The van der Waals surface area contributed by atoms with Crippen LogP contribution in [-0.2, 0) is 14.8 Å². The molecule has 116 valence electrons. The number of rotatable bonds is 7. The van der Waals surface area contributed by atoms with Gasteiger partial charge in [-0.05, 0) is 29.7 Å². The van der Waals surface area contributed by atoms with Crippen molar-refractivity contribution in [3.8, 4) is 0 Å². The largest absolute Gasteiger partial charge is 0.478 e. The summed E-state index contributed by atoms with van der Waals surface area (Å²) in [6.45, 7) is 3.53. The van der Waals surface area contributed by atoms with Gasteiger partial charge in [0.15, 0.2) is 0 Å². The van der Waals surface area contributed by atoms with Crippen LogP contribution in [0.25, 0.3) is 6.08 Å². The summed E-state index contributed by atoms with van der Waals surface area (Å²) in [6, 6.07) is 5.77. The fourth-order valence-electron chi connectivity index (χ4n) is 1.44. The highest BCUT2D eigenvalue weighted by Crippen LogP contribution is 2.12. The summed E-state index contributed by atoms with van der Waals surface area (Å²) in [5, 5.41) is 18.1. The van der Waals surface area contributed by atoms with Gasteiger partial charge in [0.25, 0.3) is 0 Å². The number of benzene rings is 1. The van der Waals surface area contributed by atoms with Crippen LogP contribution < -0.4 is 4.72 Å². The minimum atomic E-state index is -3.69. The Labute approximate surface area is 124 Å². The van der Waals surface area contributed by atoms with E-state index in [1.54, 1.807) is 13.8 Å². The maximum atomic E-state index is 12.0. The Morgan fingerprint density at radius 3 is 2.33 bits per heavy atom. The third-order valence-electron chi connectivity index (χ3n) is 2.86. The van der Waals surface area contributed by atoms with Gasteiger partial charge in [-0.2, -0.15) is 0 Å². The predicted octanol–water partition coefficient (Wildman–Crippen LogP) is 1.08. The maximum Gasteiger partial charge on any atom is 0.328 e. The number of nitrogens with one attached hydrogen (secondary N) is 1. The zero-order valence-corrected chi connectivity index (χ0v) is 12.7. The number of sulfonamides is 1. The van der Waals surface area contributed by atoms with E-state index in [1.807, 2.05) is 0 Å². The molecule has 0 aliphatic heterocycles. The molecule has 0 fully saturated rings. The average Bonchev–Trinajstić information content (AvgIpc) is 2.43. The quantitative estimate of drug-likeness (QED) is 0.654. The first kappa shape index (κ1) is 17.4. The van der Waals surface area contributed by atoms with Crippen molar-refractivity contribution in [2.75, 3.05) is 6.54 Å². The number of carboxylic acids is 1. The normalized spacial score (nSPS) is 13.7. The van der Waals surface area contributed by atoms with Crippen molar-refractivity contribution < 1.29 is 23.4 Å². The van der Waals surface area contributed by atoms with Gasteiger partial charge in [-0.25, -0.2) is 17.9 Å². The van der Waals surface area contributed by atoms with Crippen molar-refractivity contribution in [1.29, 1.82) is 0 Å². The molecule has 0 saturated carbocycles. The average molecular weight is 313 g/mol. The Hall–Kier alpha value is -1.70. The zero-order valence-electron chi connectivity index (χ0n) is 11.9. The van der Waals surface area contributed by atoms with Crippen LogP contribution in [0.3, 0.4) is 0 Å². The molecule has 0 amide bonds. The summed E-state index contributed by atoms with van der Waals surface area (Å²) in [5.41, 5.74) is 0.582. The van der Waals surface area contributed by atoms with Crippen LogP contribution in [0.5, 0.6) is 0 Å². The smallest absolute Gasteiger partial charge is 0.328 e. The fourth-order valence-corrected chi connectivity index (χ4v) is 2.49. The van der Waals surface area contributed by atoms with E-state index in [1.165, 1.54) is 30.3 Å². The molecule has 0 saturated heterocycles. The Morgan fingerprint density at radius 2 is 1.86 bits per heavy atom. The van der Waals surface area contributed by atoms with E-state index < -0.39 is 22.1 Å². The van der Waals surface area contributed by atoms with E-state index in [2.05, 4.69) is 4.72 Å². The first-order chi connectivity index (χ1) is 9.72. The molecule has 1 unspecified atom stereocenters. The highest BCUT2D eigenvalue weighted by molar-refractivity contribution is 7.89. The highest BCUT2D eigenvalue weighted by Gasteiger charge is 2.17. The third-order valence-corrected chi connectivity index (χ3v) is 4.30. The second-order valence-electron chi connectivity index (χ2n) is 4.90. The van der Waals surface area contributed by atoms with Gasteiger partial charge in [-0.15, -0.1) is 0 Å². The van der Waals surface area contributed by atoms with Crippen LogP contribution in [0.15, 0.2) is 35.2 Å². The predicted molar refractivity (Wildman–Crippen MR) is 79.1 cm³/mol. The molecule has 1 aromatic carbocycles. The minimum absolute atomic E-state index is 0.0452. The van der Waals surface area contributed by atoms with Crippen molar-refractivity contribution in [2.24, 2.45) is 5.92 Å². The van der Waals surface area contributed by atoms with Gasteiger partial charge in [0.1, 0.15) is 0 Å². The van der Waals surface area contributed by atoms with Gasteiger partial charge >= 0.3 is 5.97 Å². The molecular formula is C14H19NO5S. The van der Waals surface area contributed by atoms with E-state index in [0.717, 1.165) is 6.08 Å². The summed E-state index contributed by atoms with van der Waals surface area (Å²) in [5.74, 6) is -1.12. The molecule has 0 spiro atoms. The van der Waals surface area contributed by atoms with Gasteiger partial charge in [-0.3, -0.25) is 0 Å². The van der Waals surface area contributed by atoms with Crippen molar-refractivity contribution in [1.82, 2.24) is 4.72 Å². The van der Waals surface area contributed by atoms with Gasteiger partial charge < -0.3 is 10.2 Å². The van der Waals surface area contributed by atoms with E-state index in [4.69, 9.17) is 5.11 Å². The number of hydrogen-bond donors (Lipinski definition) is 3. The lowest BCUT2D eigenvalue weighted by molar-refractivity contribution is -0.131. The molecule has 0 aliphatic carbocycles. The SMILES string of the molecule is CC(C)C(O)CNS(=O)(=O)c1ccc(/C=C/C(=O)O)cc1. The maximum absolute atomic E-state index is 12.0. The summed E-state index contributed by atoms with van der Waals surface area (Å²) in [6.07, 6.45) is 1.59. The molecule has 6 nitrogen and oxygen atoms in total. The van der Waals surface area contributed by atoms with Crippen LogP contribution in [0.2, 0.25) is 0 Å². The highest BCUT2D eigenvalue weighted by atomic mass is 32.2. The summed E-state index contributed by atoms with van der Waals surface area (Å²) in [7, 11) is -3.69. The molecule has 21 heavy (non-hydrogen) atoms. The third kappa shape index (κ3) is 5.66. The lowest BCUT2D eigenvalue weighted by atomic mass is 10.1. The monoisotopic (exact) mass is 313 g/mol. The molecule has 3 N–H and O–H groups in total. The second-order valence-corrected chi connectivity index (χ2v) is 6.67. The molecule has 0 bridgehead atoms.